The van der Waals surface area contributed by atoms with Gasteiger partial charge in [0, 0.05) is 21.9 Å². The van der Waals surface area contributed by atoms with E-state index in [1.165, 1.54) is 31.0 Å². The van der Waals surface area contributed by atoms with Crippen molar-refractivity contribution in [2.75, 3.05) is 12.9 Å². The molecule has 0 N–H and O–H groups in total. The summed E-state index contributed by atoms with van der Waals surface area (Å²) >= 11 is 1.30. The van der Waals surface area contributed by atoms with Crippen molar-refractivity contribution in [2.45, 2.75) is 5.03 Å². The Morgan fingerprint density at radius 2 is 1.69 bits per heavy atom. The molecule has 29 heavy (non-hydrogen) atoms. The van der Waals surface area contributed by atoms with Gasteiger partial charge in [-0.15, -0.1) is 10.2 Å². The Morgan fingerprint density at radius 1 is 0.966 bits per heavy atom. The Labute approximate surface area is 171 Å². The molecule has 0 aliphatic rings. The lowest BCUT2D eigenvalue weighted by Gasteiger charge is -2.09. The van der Waals surface area contributed by atoms with Crippen LogP contribution in [0.3, 0.4) is 0 Å². The molecule has 6 heteroatoms. The smallest absolute Gasteiger partial charge is 0.173 e. The summed E-state index contributed by atoms with van der Waals surface area (Å²) in [5.74, 6) is -0.493. The molecule has 4 rings (SSSR count). The van der Waals surface area contributed by atoms with Crippen molar-refractivity contribution in [1.29, 1.82) is 0 Å². The maximum Gasteiger partial charge on any atom is 0.173 e. The van der Waals surface area contributed by atoms with Crippen LogP contribution in [0.5, 0.6) is 5.75 Å². The van der Waals surface area contributed by atoms with Crippen LogP contribution in [0.4, 0.5) is 4.39 Å². The van der Waals surface area contributed by atoms with E-state index in [1.54, 1.807) is 6.07 Å². The summed E-state index contributed by atoms with van der Waals surface area (Å²) in [6.07, 6.45) is 0. The predicted molar refractivity (Wildman–Crippen MR) is 113 cm³/mol. The summed E-state index contributed by atoms with van der Waals surface area (Å²) in [5, 5.41) is 11.3. The van der Waals surface area contributed by atoms with E-state index in [9.17, 15) is 9.18 Å². The van der Waals surface area contributed by atoms with Crippen molar-refractivity contribution in [2.24, 2.45) is 0 Å². The Bertz CT molecular complexity index is 1180. The summed E-state index contributed by atoms with van der Waals surface area (Å²) in [6, 6.07) is 21.9. The maximum absolute atomic E-state index is 13.9. The molecule has 0 radical (unpaired) electrons. The van der Waals surface area contributed by atoms with Gasteiger partial charge in [0.25, 0.3) is 0 Å². The van der Waals surface area contributed by atoms with Crippen molar-refractivity contribution in [3.05, 3.63) is 84.2 Å². The molecule has 0 unspecified atom stereocenters. The number of fused-ring (bicyclic) bond motifs is 1. The fourth-order valence-corrected chi connectivity index (χ4v) is 3.92. The average molecular weight is 404 g/mol. The molecule has 1 aromatic heterocycles. The minimum absolute atomic E-state index is 0.113. The number of ether oxygens (including phenoxy) is 1. The summed E-state index contributed by atoms with van der Waals surface area (Å²) in [7, 11) is 1.39. The Hall–Kier alpha value is -3.25. The van der Waals surface area contributed by atoms with Crippen molar-refractivity contribution < 1.29 is 13.9 Å². The van der Waals surface area contributed by atoms with Crippen molar-refractivity contribution in [3.63, 3.8) is 0 Å². The number of ketones is 1. The highest BCUT2D eigenvalue weighted by atomic mass is 32.2. The van der Waals surface area contributed by atoms with E-state index in [1.807, 2.05) is 54.6 Å². The minimum atomic E-state index is -0.555. The van der Waals surface area contributed by atoms with Gasteiger partial charge in [0.1, 0.15) is 10.7 Å². The van der Waals surface area contributed by atoms with Crippen LogP contribution in [0.2, 0.25) is 0 Å². The van der Waals surface area contributed by atoms with Crippen molar-refractivity contribution in [3.8, 4) is 17.0 Å². The molecule has 0 amide bonds. The fraction of sp³-hybridized carbons (Fsp3) is 0.0870. The number of rotatable bonds is 6. The lowest BCUT2D eigenvalue weighted by Crippen LogP contribution is -2.04. The second kappa shape index (κ2) is 8.41. The maximum atomic E-state index is 13.9. The number of carbonyl (C=O) groups excluding carboxylic acids is 1. The van der Waals surface area contributed by atoms with Crippen molar-refractivity contribution in [1.82, 2.24) is 10.2 Å². The van der Waals surface area contributed by atoms with Crippen molar-refractivity contribution >= 4 is 28.3 Å². The predicted octanol–water partition coefficient (Wildman–Crippen LogP) is 5.42. The first-order valence-corrected chi connectivity index (χ1v) is 9.96. The van der Waals surface area contributed by atoms with Crippen LogP contribution in [-0.4, -0.2) is 28.8 Å². The first-order valence-electron chi connectivity index (χ1n) is 8.98. The van der Waals surface area contributed by atoms with E-state index in [2.05, 4.69) is 10.2 Å². The van der Waals surface area contributed by atoms with Crippen LogP contribution in [0.25, 0.3) is 22.0 Å². The van der Waals surface area contributed by atoms with Crippen LogP contribution in [0, 0.1) is 5.82 Å². The van der Waals surface area contributed by atoms with Gasteiger partial charge in [-0.2, -0.15) is 0 Å². The first-order chi connectivity index (χ1) is 14.2. The second-order valence-corrected chi connectivity index (χ2v) is 7.29. The third-order valence-electron chi connectivity index (χ3n) is 4.51. The third-order valence-corrected chi connectivity index (χ3v) is 5.50. The van der Waals surface area contributed by atoms with Gasteiger partial charge in [-0.05, 0) is 18.2 Å². The quantitative estimate of drug-likeness (QED) is 0.317. The third kappa shape index (κ3) is 3.98. The molecule has 144 valence electrons. The normalized spacial score (nSPS) is 10.8. The van der Waals surface area contributed by atoms with Gasteiger partial charge in [-0.3, -0.25) is 4.79 Å². The highest BCUT2D eigenvalue weighted by Gasteiger charge is 2.14. The zero-order valence-electron chi connectivity index (χ0n) is 15.6. The molecular formula is C23H17FN2O2S. The number of hydrogen-bond acceptors (Lipinski definition) is 5. The van der Waals surface area contributed by atoms with Gasteiger partial charge in [0.05, 0.1) is 12.9 Å². The Kier molecular flexibility index (Phi) is 5.53. The largest absolute Gasteiger partial charge is 0.494 e. The highest BCUT2D eigenvalue weighted by molar-refractivity contribution is 8.00. The Morgan fingerprint density at radius 3 is 2.41 bits per heavy atom. The number of benzene rings is 3. The summed E-state index contributed by atoms with van der Waals surface area (Å²) in [5.41, 5.74) is 2.08. The summed E-state index contributed by atoms with van der Waals surface area (Å²) in [6.45, 7) is 0. The average Bonchev–Trinajstić information content (AvgIpc) is 2.77. The monoisotopic (exact) mass is 404 g/mol. The standard InChI is InChI=1S/C23H17FN2O2S/c1-28-21-12-11-16(13-19(21)24)20(27)14-29-23-18-10-6-5-9-17(18)22(25-26-23)15-7-3-2-4-8-15/h2-13H,14H2,1H3. The molecule has 0 fully saturated rings. The van der Waals surface area contributed by atoms with Gasteiger partial charge in [-0.25, -0.2) is 4.39 Å². The molecule has 1 heterocycles. The first kappa shape index (κ1) is 19.1. The fourth-order valence-electron chi connectivity index (χ4n) is 3.05. The van der Waals surface area contributed by atoms with E-state index >= 15 is 0 Å². The number of aromatic nitrogens is 2. The van der Waals surface area contributed by atoms with Gasteiger partial charge in [0.15, 0.2) is 17.3 Å². The molecule has 4 nitrogen and oxygen atoms in total. The van der Waals surface area contributed by atoms with Gasteiger partial charge in [0.2, 0.25) is 0 Å². The lowest BCUT2D eigenvalue weighted by atomic mass is 10.1. The van der Waals surface area contributed by atoms with Gasteiger partial charge in [-0.1, -0.05) is 66.4 Å². The SMILES string of the molecule is COc1ccc(C(=O)CSc2nnc(-c3ccccc3)c3ccccc23)cc1F. The molecule has 0 saturated heterocycles. The number of thioether (sulfide) groups is 1. The molecule has 0 bridgehead atoms. The molecule has 3 aromatic carbocycles. The van der Waals surface area contributed by atoms with Gasteiger partial charge >= 0.3 is 0 Å². The summed E-state index contributed by atoms with van der Waals surface area (Å²) < 4.78 is 18.8. The number of hydrogen-bond donors (Lipinski definition) is 0. The van der Waals surface area contributed by atoms with E-state index in [0.29, 0.717) is 10.6 Å². The van der Waals surface area contributed by atoms with E-state index < -0.39 is 5.82 Å². The van der Waals surface area contributed by atoms with E-state index in [-0.39, 0.29) is 17.3 Å². The topological polar surface area (TPSA) is 52.1 Å². The minimum Gasteiger partial charge on any atom is -0.494 e. The molecular weight excluding hydrogens is 387 g/mol. The van der Waals surface area contributed by atoms with Crippen LogP contribution in [0.15, 0.2) is 77.8 Å². The van der Waals surface area contributed by atoms with Gasteiger partial charge < -0.3 is 4.74 Å². The molecule has 0 atom stereocenters. The number of carbonyl (C=O) groups is 1. The van der Waals surface area contributed by atoms with E-state index in [0.717, 1.165) is 22.0 Å². The zero-order valence-corrected chi connectivity index (χ0v) is 16.4. The summed E-state index contributed by atoms with van der Waals surface area (Å²) in [4.78, 5) is 12.5. The van der Waals surface area contributed by atoms with Crippen LogP contribution >= 0.6 is 11.8 Å². The molecule has 0 aliphatic heterocycles. The lowest BCUT2D eigenvalue weighted by molar-refractivity contribution is 0.102. The zero-order chi connectivity index (χ0) is 20.2. The number of methoxy groups -OCH3 is 1. The number of nitrogens with zero attached hydrogens (tertiary/aromatic N) is 2. The molecule has 0 spiro atoms. The number of halogens is 1. The molecule has 0 saturated carbocycles. The van der Waals surface area contributed by atoms with Crippen LogP contribution < -0.4 is 4.74 Å². The highest BCUT2D eigenvalue weighted by Crippen LogP contribution is 2.32. The van der Waals surface area contributed by atoms with Crippen LogP contribution in [0.1, 0.15) is 10.4 Å². The molecule has 0 aliphatic carbocycles. The Balaban J connectivity index is 1.61. The van der Waals surface area contributed by atoms with Crippen LogP contribution in [-0.2, 0) is 0 Å². The second-order valence-electron chi connectivity index (χ2n) is 6.33. The molecule has 4 aromatic rings. The number of Topliss-reactive ketones (excluding diaryl/α,β-unsaturated/α-hetero) is 1. The van der Waals surface area contributed by atoms with E-state index in [4.69, 9.17) is 4.74 Å².